The van der Waals surface area contributed by atoms with Crippen LogP contribution in [0.2, 0.25) is 0 Å². The van der Waals surface area contributed by atoms with E-state index in [1.165, 1.54) is 0 Å². The van der Waals surface area contributed by atoms with Gasteiger partial charge in [0.25, 0.3) is 0 Å². The van der Waals surface area contributed by atoms with Crippen LogP contribution in [0.3, 0.4) is 0 Å². The van der Waals surface area contributed by atoms with E-state index in [1.807, 2.05) is 42.5 Å². The van der Waals surface area contributed by atoms with Gasteiger partial charge in [-0.15, -0.1) is 0 Å². The molecular weight excluding hydrogens is 356 g/mol. The van der Waals surface area contributed by atoms with Crippen molar-refractivity contribution in [2.24, 2.45) is 0 Å². The van der Waals surface area contributed by atoms with E-state index in [1.54, 1.807) is 6.07 Å². The summed E-state index contributed by atoms with van der Waals surface area (Å²) in [6.07, 6.45) is 0. The standard InChI is InChI=1S/C15H8Br2O/c16-12-7-8-14(17)13(10-12)15(18)9-6-11-4-2-1-3-5-11/h1-5,7-8,10H. The molecule has 0 N–H and O–H groups in total. The summed E-state index contributed by atoms with van der Waals surface area (Å²) in [4.78, 5) is 12.0. The molecule has 0 saturated heterocycles. The maximum absolute atomic E-state index is 12.0. The number of hydrogen-bond acceptors (Lipinski definition) is 1. The van der Waals surface area contributed by atoms with Gasteiger partial charge in [-0.2, -0.15) is 0 Å². The molecule has 3 heteroatoms. The molecular formula is C15H8Br2O. The molecule has 0 bridgehead atoms. The van der Waals surface area contributed by atoms with Crippen LogP contribution in [0, 0.1) is 11.8 Å². The van der Waals surface area contributed by atoms with Crippen molar-refractivity contribution >= 4 is 37.6 Å². The van der Waals surface area contributed by atoms with Crippen LogP contribution in [-0.2, 0) is 0 Å². The first-order valence-electron chi connectivity index (χ1n) is 5.23. The Balaban J connectivity index is 2.28. The summed E-state index contributed by atoms with van der Waals surface area (Å²) in [6.45, 7) is 0. The van der Waals surface area contributed by atoms with Crippen molar-refractivity contribution in [3.8, 4) is 11.8 Å². The molecule has 0 fully saturated rings. The number of ketones is 1. The predicted molar refractivity (Wildman–Crippen MR) is 79.5 cm³/mol. The third-order valence-electron chi connectivity index (χ3n) is 2.27. The van der Waals surface area contributed by atoms with Crippen molar-refractivity contribution in [2.75, 3.05) is 0 Å². The monoisotopic (exact) mass is 362 g/mol. The highest BCUT2D eigenvalue weighted by Crippen LogP contribution is 2.21. The normalized spacial score (nSPS) is 9.44. The number of Topliss-reactive ketones (excluding diaryl/α,β-unsaturated/α-hetero) is 1. The Bertz CT molecular complexity index is 637. The highest BCUT2D eigenvalue weighted by molar-refractivity contribution is 9.11. The number of rotatable bonds is 1. The Kier molecular flexibility index (Phi) is 4.35. The lowest BCUT2D eigenvalue weighted by Crippen LogP contribution is -1.96. The maximum atomic E-state index is 12.0. The van der Waals surface area contributed by atoms with Crippen molar-refractivity contribution < 1.29 is 4.79 Å². The second-order valence-corrected chi connectivity index (χ2v) is 5.34. The summed E-state index contributed by atoms with van der Waals surface area (Å²) in [5.41, 5.74) is 1.39. The van der Waals surface area contributed by atoms with Crippen LogP contribution in [0.1, 0.15) is 15.9 Å². The zero-order chi connectivity index (χ0) is 13.0. The summed E-state index contributed by atoms with van der Waals surface area (Å²) >= 11 is 6.69. The molecule has 0 aliphatic carbocycles. The lowest BCUT2D eigenvalue weighted by molar-refractivity contribution is 0.105. The van der Waals surface area contributed by atoms with Crippen molar-refractivity contribution in [1.29, 1.82) is 0 Å². The smallest absolute Gasteiger partial charge is 0.237 e. The Morgan fingerprint density at radius 3 is 2.44 bits per heavy atom. The van der Waals surface area contributed by atoms with Crippen LogP contribution >= 0.6 is 31.9 Å². The third-order valence-corrected chi connectivity index (χ3v) is 3.45. The summed E-state index contributed by atoms with van der Waals surface area (Å²) in [5.74, 6) is 5.30. The molecule has 18 heavy (non-hydrogen) atoms. The first-order valence-corrected chi connectivity index (χ1v) is 6.82. The molecule has 0 aliphatic rings. The average molecular weight is 364 g/mol. The lowest BCUT2D eigenvalue weighted by atomic mass is 10.1. The van der Waals surface area contributed by atoms with Crippen molar-refractivity contribution in [1.82, 2.24) is 0 Å². The quantitative estimate of drug-likeness (QED) is 0.540. The number of benzene rings is 2. The van der Waals surface area contributed by atoms with E-state index in [0.717, 1.165) is 14.5 Å². The van der Waals surface area contributed by atoms with E-state index in [-0.39, 0.29) is 5.78 Å². The van der Waals surface area contributed by atoms with Crippen LogP contribution in [0.4, 0.5) is 0 Å². The van der Waals surface area contributed by atoms with Gasteiger partial charge in [-0.1, -0.05) is 56.0 Å². The van der Waals surface area contributed by atoms with E-state index in [4.69, 9.17) is 0 Å². The van der Waals surface area contributed by atoms with Crippen molar-refractivity contribution in [2.45, 2.75) is 0 Å². The van der Waals surface area contributed by atoms with Crippen molar-refractivity contribution in [3.63, 3.8) is 0 Å². The third kappa shape index (κ3) is 3.32. The fourth-order valence-corrected chi connectivity index (χ4v) is 2.18. The largest absolute Gasteiger partial charge is 0.279 e. The Hall–Kier alpha value is -1.37. The number of carbonyl (C=O) groups is 1. The SMILES string of the molecule is O=C(C#Cc1ccccc1)c1cc(Br)ccc1Br. The summed E-state index contributed by atoms with van der Waals surface area (Å²) in [6, 6.07) is 14.9. The van der Waals surface area contributed by atoms with Gasteiger partial charge in [-0.3, -0.25) is 4.79 Å². The van der Waals surface area contributed by atoms with E-state index in [0.29, 0.717) is 5.56 Å². The van der Waals surface area contributed by atoms with E-state index >= 15 is 0 Å². The zero-order valence-electron chi connectivity index (χ0n) is 9.28. The van der Waals surface area contributed by atoms with Gasteiger partial charge in [0.2, 0.25) is 5.78 Å². The number of halogens is 2. The molecule has 2 rings (SSSR count). The van der Waals surface area contributed by atoms with Gasteiger partial charge in [0.15, 0.2) is 0 Å². The summed E-state index contributed by atoms with van der Waals surface area (Å²) < 4.78 is 1.61. The van der Waals surface area contributed by atoms with Crippen LogP contribution in [0.15, 0.2) is 57.5 Å². The predicted octanol–water partition coefficient (Wildman–Crippen LogP) is 4.45. The maximum Gasteiger partial charge on any atom is 0.237 e. The molecule has 0 aliphatic heterocycles. The number of hydrogen-bond donors (Lipinski definition) is 0. The molecule has 2 aromatic rings. The molecule has 0 unspecified atom stereocenters. The van der Waals surface area contributed by atoms with Crippen LogP contribution in [-0.4, -0.2) is 5.78 Å². The molecule has 88 valence electrons. The van der Waals surface area contributed by atoms with Gasteiger partial charge in [0.1, 0.15) is 0 Å². The molecule has 1 nitrogen and oxygen atoms in total. The molecule has 0 spiro atoms. The second kappa shape index (κ2) is 5.99. The molecule has 0 radical (unpaired) electrons. The number of carbonyl (C=O) groups excluding carboxylic acids is 1. The average Bonchev–Trinajstić information content (AvgIpc) is 2.40. The minimum atomic E-state index is -0.202. The zero-order valence-corrected chi connectivity index (χ0v) is 12.5. The van der Waals surface area contributed by atoms with E-state index in [2.05, 4.69) is 43.7 Å². The molecule has 0 atom stereocenters. The highest BCUT2D eigenvalue weighted by atomic mass is 79.9. The first-order chi connectivity index (χ1) is 8.66. The Morgan fingerprint density at radius 1 is 1.00 bits per heavy atom. The van der Waals surface area contributed by atoms with Crippen molar-refractivity contribution in [3.05, 3.63) is 68.6 Å². The van der Waals surface area contributed by atoms with Gasteiger partial charge < -0.3 is 0 Å². The molecule has 0 saturated carbocycles. The second-order valence-electron chi connectivity index (χ2n) is 3.57. The lowest BCUT2D eigenvalue weighted by Gasteiger charge is -1.99. The van der Waals surface area contributed by atoms with Crippen LogP contribution in [0.5, 0.6) is 0 Å². The Labute approximate surface area is 122 Å². The van der Waals surface area contributed by atoms with E-state index in [9.17, 15) is 4.79 Å². The first kappa shape index (κ1) is 13.1. The minimum Gasteiger partial charge on any atom is -0.279 e. The molecule has 0 aromatic heterocycles. The topological polar surface area (TPSA) is 17.1 Å². The Morgan fingerprint density at radius 2 is 1.72 bits per heavy atom. The van der Waals surface area contributed by atoms with Gasteiger partial charge in [0, 0.05) is 20.1 Å². The van der Waals surface area contributed by atoms with E-state index < -0.39 is 0 Å². The highest BCUT2D eigenvalue weighted by Gasteiger charge is 2.07. The molecule has 0 amide bonds. The van der Waals surface area contributed by atoms with Crippen LogP contribution in [0.25, 0.3) is 0 Å². The van der Waals surface area contributed by atoms with Gasteiger partial charge in [-0.05, 0) is 36.3 Å². The minimum absolute atomic E-state index is 0.202. The van der Waals surface area contributed by atoms with Gasteiger partial charge >= 0.3 is 0 Å². The fraction of sp³-hybridized carbons (Fsp3) is 0. The van der Waals surface area contributed by atoms with Crippen LogP contribution < -0.4 is 0 Å². The van der Waals surface area contributed by atoms with Gasteiger partial charge in [-0.25, -0.2) is 0 Å². The fourth-order valence-electron chi connectivity index (χ4n) is 1.39. The summed E-state index contributed by atoms with van der Waals surface area (Å²) in [7, 11) is 0. The molecule has 0 heterocycles. The molecule has 2 aromatic carbocycles. The van der Waals surface area contributed by atoms with Gasteiger partial charge in [0.05, 0.1) is 0 Å². The summed E-state index contributed by atoms with van der Waals surface area (Å²) in [5, 5.41) is 0.